The molecule has 2 aromatic carbocycles. The first-order chi connectivity index (χ1) is 14.4. The van der Waals surface area contributed by atoms with E-state index in [1.807, 2.05) is 42.6 Å². The van der Waals surface area contributed by atoms with Gasteiger partial charge in [-0.3, -0.25) is 4.79 Å². The summed E-state index contributed by atoms with van der Waals surface area (Å²) in [6.07, 6.45) is -0.695. The fourth-order valence-electron chi connectivity index (χ4n) is 3.13. The first-order valence-electron chi connectivity index (χ1n) is 10.7. The zero-order valence-electron chi connectivity index (χ0n) is 19.0. The van der Waals surface area contributed by atoms with E-state index in [9.17, 15) is 15.0 Å². The van der Waals surface area contributed by atoms with E-state index in [0.717, 1.165) is 5.56 Å². The van der Waals surface area contributed by atoms with Gasteiger partial charge in [0.15, 0.2) is 5.78 Å². The fraction of sp³-hybridized carbons (Fsp3) is 0.458. The van der Waals surface area contributed by atoms with E-state index in [1.54, 1.807) is 24.3 Å². The molecule has 32 heavy (non-hydrogen) atoms. The molecule has 3 atom stereocenters. The summed E-state index contributed by atoms with van der Waals surface area (Å²) in [5.74, 6) is 0.701. The number of Topliss-reactive ketones (excluding diaryl/α,β-unsaturated/α-hetero) is 1. The number of hydrogen-bond acceptors (Lipinski definition) is 4. The maximum Gasteiger partial charge on any atom is 0.168 e. The van der Waals surface area contributed by atoms with Gasteiger partial charge >= 0.3 is 0 Å². The van der Waals surface area contributed by atoms with Crippen LogP contribution in [0.2, 0.25) is 0 Å². The van der Waals surface area contributed by atoms with Crippen molar-refractivity contribution in [3.8, 4) is 5.75 Å². The summed E-state index contributed by atoms with van der Waals surface area (Å²) in [6.45, 7) is 7.55. The Morgan fingerprint density at radius 1 is 0.938 bits per heavy atom. The summed E-state index contributed by atoms with van der Waals surface area (Å²) < 4.78 is 5.60. The second-order valence-electron chi connectivity index (χ2n) is 8.12. The third-order valence-corrected chi connectivity index (χ3v) is 5.05. The maximum absolute atomic E-state index is 12.4. The van der Waals surface area contributed by atoms with Crippen molar-refractivity contribution >= 4 is 5.78 Å². The third kappa shape index (κ3) is 10.8. The summed E-state index contributed by atoms with van der Waals surface area (Å²) in [4.78, 5) is 12.4. The number of carbonyl (C=O) groups is 1. The molecule has 0 fully saturated rings. The molecule has 180 valence electrons. The largest absolute Gasteiger partial charge is 1.00 e. The molecule has 2 aromatic rings. The number of aliphatic hydroxyl groups is 2. The van der Waals surface area contributed by atoms with E-state index in [4.69, 9.17) is 4.74 Å². The van der Waals surface area contributed by atoms with Gasteiger partial charge < -0.3 is 50.4 Å². The van der Waals surface area contributed by atoms with E-state index in [-0.39, 0.29) is 43.2 Å². The van der Waals surface area contributed by atoms with Crippen molar-refractivity contribution in [2.24, 2.45) is 0 Å². The zero-order chi connectivity index (χ0) is 21.9. The number of ketones is 1. The first kappa shape index (κ1) is 30.3. The van der Waals surface area contributed by atoms with Crippen LogP contribution in [-0.2, 0) is 0 Å². The lowest BCUT2D eigenvalue weighted by Crippen LogP contribution is -3.00. The number of nitrogens with two attached hydrogens (primary N) is 2. The average Bonchev–Trinajstić information content (AvgIpc) is 2.76. The molecule has 6 nitrogen and oxygen atoms in total. The first-order valence-corrected chi connectivity index (χ1v) is 10.7. The Morgan fingerprint density at radius 2 is 1.56 bits per heavy atom. The Kier molecular flexibility index (Phi) is 15.2. The van der Waals surface area contributed by atoms with Crippen LogP contribution in [-0.4, -0.2) is 53.9 Å². The smallest absolute Gasteiger partial charge is 0.168 e. The van der Waals surface area contributed by atoms with Crippen molar-refractivity contribution in [1.29, 1.82) is 0 Å². The number of quaternary nitrogens is 2. The Bertz CT molecular complexity index is 760. The maximum atomic E-state index is 12.4. The van der Waals surface area contributed by atoms with Crippen LogP contribution < -0.4 is 40.2 Å². The van der Waals surface area contributed by atoms with Crippen LogP contribution >= 0.6 is 0 Å². The van der Waals surface area contributed by atoms with Crippen LogP contribution in [0.25, 0.3) is 0 Å². The predicted molar refractivity (Wildman–Crippen MR) is 116 cm³/mol. The lowest BCUT2D eigenvalue weighted by molar-refractivity contribution is -0.693. The van der Waals surface area contributed by atoms with E-state index in [2.05, 4.69) is 19.2 Å². The molecule has 8 heteroatoms. The Morgan fingerprint density at radius 3 is 2.16 bits per heavy atom. The number of hydrogen-bond donors (Lipinski definition) is 4. The number of ether oxygens (including phenoxy) is 1. The van der Waals surface area contributed by atoms with Crippen molar-refractivity contribution in [2.45, 2.75) is 51.5 Å². The number of rotatable bonds is 13. The van der Waals surface area contributed by atoms with Gasteiger partial charge in [-0.2, -0.15) is 0 Å². The van der Waals surface area contributed by atoms with Gasteiger partial charge in [-0.05, 0) is 50.6 Å². The van der Waals surface area contributed by atoms with Crippen molar-refractivity contribution in [3.05, 3.63) is 65.7 Å². The van der Waals surface area contributed by atoms with Gasteiger partial charge in [0, 0.05) is 5.56 Å². The summed E-state index contributed by atoms with van der Waals surface area (Å²) in [5, 5.41) is 24.4. The number of halogens is 2. The standard InChI is InChI=1S/C24H34N2O4.2ClH/c1-17(2)26-15-21(27)16-30-22-11-9-19(10-12-22)23(28)13-14-25-18(3)24(29)20-7-5-4-6-8-20;;/h4-12,17-18,21,24-27,29H,13-16H2,1-3H3;2*1H. The van der Waals surface area contributed by atoms with Crippen molar-refractivity contribution in [1.82, 2.24) is 0 Å². The second kappa shape index (κ2) is 16.0. The van der Waals surface area contributed by atoms with Gasteiger partial charge in [-0.15, -0.1) is 0 Å². The van der Waals surface area contributed by atoms with Gasteiger partial charge in [0.2, 0.25) is 0 Å². The number of aliphatic hydroxyl groups excluding tert-OH is 2. The lowest BCUT2D eigenvalue weighted by Gasteiger charge is -2.17. The highest BCUT2D eigenvalue weighted by Crippen LogP contribution is 2.15. The lowest BCUT2D eigenvalue weighted by atomic mass is 10.0. The molecule has 0 spiro atoms. The molecule has 0 aliphatic rings. The summed E-state index contributed by atoms with van der Waals surface area (Å²) >= 11 is 0. The van der Waals surface area contributed by atoms with Crippen LogP contribution in [0.4, 0.5) is 0 Å². The highest BCUT2D eigenvalue weighted by molar-refractivity contribution is 5.96. The molecule has 6 N–H and O–H groups in total. The Balaban J connectivity index is 0.00000480. The Labute approximate surface area is 203 Å². The van der Waals surface area contributed by atoms with Crippen molar-refractivity contribution < 1.29 is 55.2 Å². The van der Waals surface area contributed by atoms with Crippen LogP contribution in [0.1, 0.15) is 49.2 Å². The molecule has 0 radical (unpaired) electrons. The highest BCUT2D eigenvalue weighted by Gasteiger charge is 2.19. The Hall–Kier alpha value is -1.67. The molecule has 0 aromatic heterocycles. The fourth-order valence-corrected chi connectivity index (χ4v) is 3.13. The van der Waals surface area contributed by atoms with Crippen molar-refractivity contribution in [2.75, 3.05) is 19.7 Å². The topological polar surface area (TPSA) is 100.0 Å². The molecule has 0 aliphatic carbocycles. The third-order valence-electron chi connectivity index (χ3n) is 5.05. The van der Waals surface area contributed by atoms with E-state index in [1.165, 1.54) is 0 Å². The van der Waals surface area contributed by atoms with Gasteiger partial charge in [-0.25, -0.2) is 0 Å². The van der Waals surface area contributed by atoms with Gasteiger partial charge in [0.1, 0.15) is 37.2 Å². The second-order valence-corrected chi connectivity index (χ2v) is 8.12. The molecule has 0 bridgehead atoms. The number of carbonyl (C=O) groups excluding carboxylic acids is 1. The normalized spacial score (nSPS) is 13.4. The van der Waals surface area contributed by atoms with Gasteiger partial charge in [0.25, 0.3) is 0 Å². The summed E-state index contributed by atoms with van der Waals surface area (Å²) in [6, 6.07) is 17.0. The minimum Gasteiger partial charge on any atom is -1.00 e. The monoisotopic (exact) mass is 486 g/mol. The molecule has 0 saturated heterocycles. The molecule has 3 unspecified atom stereocenters. The van der Waals surface area contributed by atoms with Crippen LogP contribution in [0.15, 0.2) is 54.6 Å². The van der Waals surface area contributed by atoms with E-state index in [0.29, 0.717) is 36.9 Å². The molecular weight excluding hydrogens is 451 g/mol. The minimum absolute atomic E-state index is 0. The highest BCUT2D eigenvalue weighted by atomic mass is 35.5. The summed E-state index contributed by atoms with van der Waals surface area (Å²) in [5.41, 5.74) is 1.52. The summed E-state index contributed by atoms with van der Waals surface area (Å²) in [7, 11) is 0. The van der Waals surface area contributed by atoms with Gasteiger partial charge in [0.05, 0.1) is 19.0 Å². The minimum atomic E-state index is -0.564. The van der Waals surface area contributed by atoms with Gasteiger partial charge in [-0.1, -0.05) is 30.3 Å². The molecule has 2 rings (SSSR count). The zero-order valence-corrected chi connectivity index (χ0v) is 20.5. The average molecular weight is 487 g/mol. The van der Waals surface area contributed by atoms with Crippen LogP contribution in [0.5, 0.6) is 5.75 Å². The molecular formula is C24H36Cl2N2O4. The SMILES string of the molecule is CC(C)[NH2+]CC(O)COc1ccc(C(=O)CC[NH2+]C(C)C(O)c2ccccc2)cc1.[Cl-].[Cl-]. The predicted octanol–water partition coefficient (Wildman–Crippen LogP) is -5.34. The van der Waals surface area contributed by atoms with E-state index >= 15 is 0 Å². The van der Waals surface area contributed by atoms with E-state index < -0.39 is 12.2 Å². The molecule has 0 saturated carbocycles. The van der Waals surface area contributed by atoms with Crippen molar-refractivity contribution in [3.63, 3.8) is 0 Å². The number of benzene rings is 2. The quantitative estimate of drug-likeness (QED) is 0.212. The van der Waals surface area contributed by atoms with Crippen LogP contribution in [0, 0.1) is 0 Å². The van der Waals surface area contributed by atoms with Crippen LogP contribution in [0.3, 0.4) is 0 Å². The molecule has 0 aliphatic heterocycles. The molecule has 0 heterocycles. The molecule has 0 amide bonds.